The largest absolute Gasteiger partial charge is 0.378 e. The summed E-state index contributed by atoms with van der Waals surface area (Å²) in [4.78, 5) is 19.6. The lowest BCUT2D eigenvalue weighted by Crippen LogP contribution is -2.37. The molecule has 0 aliphatic carbocycles. The van der Waals surface area contributed by atoms with E-state index >= 15 is 0 Å². The van der Waals surface area contributed by atoms with Crippen LogP contribution in [0.15, 0.2) is 46.8 Å². The fourth-order valence-corrected chi connectivity index (χ4v) is 5.96. The third-order valence-corrected chi connectivity index (χ3v) is 8.34. The molecule has 1 N–H and O–H groups in total. The third kappa shape index (κ3) is 4.49. The highest BCUT2D eigenvalue weighted by Gasteiger charge is 2.25. The van der Waals surface area contributed by atoms with E-state index in [1.807, 2.05) is 6.07 Å². The predicted molar refractivity (Wildman–Crippen MR) is 127 cm³/mol. The lowest BCUT2D eigenvalue weighted by atomic mass is 10.1. The first-order valence-electron chi connectivity index (χ1n) is 10.6. The van der Waals surface area contributed by atoms with Gasteiger partial charge < -0.3 is 15.0 Å². The number of nitrogens with zero attached hydrogens (tertiary/aromatic N) is 3. The molecule has 1 fully saturated rings. The standard InChI is InChI=1S/C22H26N4O4S2/c1-3-26(4-2)32(28,29)17-6-8-20(25-9-11-30-12-10-25)19(14-17)24-22(27)16-5-7-18-21(13-16)31-15-23-18/h5-8,13-15H,3-4,9-12H2,1-2H3,(H,24,27). The number of anilines is 2. The number of benzene rings is 2. The lowest BCUT2D eigenvalue weighted by molar-refractivity contribution is 0.102. The zero-order valence-electron chi connectivity index (χ0n) is 18.1. The second-order valence-corrected chi connectivity index (χ2v) is 10.2. The van der Waals surface area contributed by atoms with Crippen molar-refractivity contribution in [2.75, 3.05) is 49.6 Å². The maximum absolute atomic E-state index is 13.1. The van der Waals surface area contributed by atoms with Gasteiger partial charge in [-0.3, -0.25) is 4.79 Å². The smallest absolute Gasteiger partial charge is 0.255 e. The number of hydrogen-bond donors (Lipinski definition) is 1. The Labute approximate surface area is 191 Å². The quantitative estimate of drug-likeness (QED) is 0.564. The van der Waals surface area contributed by atoms with Crippen LogP contribution < -0.4 is 10.2 Å². The molecule has 4 rings (SSSR count). The van der Waals surface area contributed by atoms with Crippen LogP contribution in [0.4, 0.5) is 11.4 Å². The van der Waals surface area contributed by atoms with Crippen molar-refractivity contribution in [3.63, 3.8) is 0 Å². The van der Waals surface area contributed by atoms with Gasteiger partial charge in [-0.05, 0) is 36.4 Å². The number of rotatable bonds is 7. The SMILES string of the molecule is CCN(CC)S(=O)(=O)c1ccc(N2CCOCC2)c(NC(=O)c2ccc3ncsc3c2)c1. The Morgan fingerprint density at radius 2 is 1.91 bits per heavy atom. The highest BCUT2D eigenvalue weighted by atomic mass is 32.2. The van der Waals surface area contributed by atoms with Crippen molar-refractivity contribution >= 4 is 48.9 Å². The topological polar surface area (TPSA) is 91.8 Å². The number of morpholine rings is 1. The molecule has 0 unspecified atom stereocenters. The van der Waals surface area contributed by atoms with Crippen LogP contribution in [0.2, 0.25) is 0 Å². The number of hydrogen-bond acceptors (Lipinski definition) is 7. The van der Waals surface area contributed by atoms with Crippen molar-refractivity contribution in [2.45, 2.75) is 18.7 Å². The van der Waals surface area contributed by atoms with Crippen molar-refractivity contribution in [2.24, 2.45) is 0 Å². The molecule has 2 aromatic carbocycles. The van der Waals surface area contributed by atoms with Crippen molar-refractivity contribution in [1.82, 2.24) is 9.29 Å². The van der Waals surface area contributed by atoms with Gasteiger partial charge in [-0.2, -0.15) is 4.31 Å². The van der Waals surface area contributed by atoms with E-state index in [4.69, 9.17) is 4.74 Å². The summed E-state index contributed by atoms with van der Waals surface area (Å²) in [6, 6.07) is 10.3. The Balaban J connectivity index is 1.71. The molecule has 2 heterocycles. The van der Waals surface area contributed by atoms with Gasteiger partial charge in [0.25, 0.3) is 5.91 Å². The van der Waals surface area contributed by atoms with Gasteiger partial charge in [0.15, 0.2) is 0 Å². The number of thiazole rings is 1. The maximum atomic E-state index is 13.1. The Hall–Kier alpha value is -2.53. The van der Waals surface area contributed by atoms with Crippen LogP contribution in [-0.4, -0.2) is 63.0 Å². The molecule has 0 radical (unpaired) electrons. The van der Waals surface area contributed by atoms with E-state index in [0.29, 0.717) is 50.6 Å². The minimum atomic E-state index is -3.66. The van der Waals surface area contributed by atoms with Gasteiger partial charge in [0.05, 0.1) is 45.2 Å². The summed E-state index contributed by atoms with van der Waals surface area (Å²) in [5.41, 5.74) is 4.32. The number of nitrogens with one attached hydrogen (secondary N) is 1. The molecule has 170 valence electrons. The van der Waals surface area contributed by atoms with Crippen LogP contribution in [0.3, 0.4) is 0 Å². The lowest BCUT2D eigenvalue weighted by Gasteiger charge is -2.31. The number of carbonyl (C=O) groups excluding carboxylic acids is 1. The second kappa shape index (κ2) is 9.53. The van der Waals surface area contributed by atoms with E-state index in [2.05, 4.69) is 15.2 Å². The first-order valence-corrected chi connectivity index (χ1v) is 12.9. The fourth-order valence-electron chi connectivity index (χ4n) is 3.76. The Bertz CT molecular complexity index is 1220. The van der Waals surface area contributed by atoms with E-state index in [1.54, 1.807) is 49.7 Å². The van der Waals surface area contributed by atoms with E-state index < -0.39 is 10.0 Å². The minimum absolute atomic E-state index is 0.159. The number of aromatic nitrogens is 1. The summed E-state index contributed by atoms with van der Waals surface area (Å²) in [6.07, 6.45) is 0. The average Bonchev–Trinajstić information content (AvgIpc) is 3.28. The molecule has 0 spiro atoms. The second-order valence-electron chi connectivity index (χ2n) is 7.36. The van der Waals surface area contributed by atoms with Gasteiger partial charge in [0.2, 0.25) is 10.0 Å². The van der Waals surface area contributed by atoms with Crippen molar-refractivity contribution in [1.29, 1.82) is 0 Å². The number of amides is 1. The summed E-state index contributed by atoms with van der Waals surface area (Å²) in [7, 11) is -3.66. The Morgan fingerprint density at radius 3 is 2.62 bits per heavy atom. The highest BCUT2D eigenvalue weighted by Crippen LogP contribution is 2.31. The van der Waals surface area contributed by atoms with Gasteiger partial charge in [-0.25, -0.2) is 13.4 Å². The molecule has 0 bridgehead atoms. The average molecular weight is 475 g/mol. The summed E-state index contributed by atoms with van der Waals surface area (Å²) >= 11 is 1.47. The van der Waals surface area contributed by atoms with E-state index in [9.17, 15) is 13.2 Å². The van der Waals surface area contributed by atoms with Gasteiger partial charge in [-0.1, -0.05) is 13.8 Å². The molecule has 8 nitrogen and oxygen atoms in total. The summed E-state index contributed by atoms with van der Waals surface area (Å²) in [5, 5.41) is 2.95. The van der Waals surface area contributed by atoms with Crippen molar-refractivity contribution in [3.05, 3.63) is 47.5 Å². The molecular formula is C22H26N4O4S2. The minimum Gasteiger partial charge on any atom is -0.378 e. The maximum Gasteiger partial charge on any atom is 0.255 e. The predicted octanol–water partition coefficient (Wildman–Crippen LogP) is 3.42. The highest BCUT2D eigenvalue weighted by molar-refractivity contribution is 7.89. The van der Waals surface area contributed by atoms with Gasteiger partial charge in [-0.15, -0.1) is 11.3 Å². The van der Waals surface area contributed by atoms with Crippen LogP contribution >= 0.6 is 11.3 Å². The normalized spacial score (nSPS) is 14.8. The van der Waals surface area contributed by atoms with Crippen molar-refractivity contribution in [3.8, 4) is 0 Å². The molecule has 1 aliphatic heterocycles. The van der Waals surface area contributed by atoms with Crippen LogP contribution in [-0.2, 0) is 14.8 Å². The molecular weight excluding hydrogens is 448 g/mol. The van der Waals surface area contributed by atoms with Gasteiger partial charge >= 0.3 is 0 Å². The number of sulfonamides is 1. The zero-order chi connectivity index (χ0) is 22.7. The monoisotopic (exact) mass is 474 g/mol. The zero-order valence-corrected chi connectivity index (χ0v) is 19.7. The first kappa shape index (κ1) is 22.7. The van der Waals surface area contributed by atoms with E-state index in [-0.39, 0.29) is 10.8 Å². The molecule has 1 saturated heterocycles. The fraction of sp³-hybridized carbons (Fsp3) is 0.364. The molecule has 0 saturated carbocycles. The van der Waals surface area contributed by atoms with Crippen LogP contribution in [0, 0.1) is 0 Å². The van der Waals surface area contributed by atoms with E-state index in [1.165, 1.54) is 15.6 Å². The summed E-state index contributed by atoms with van der Waals surface area (Å²) < 4.78 is 33.9. The summed E-state index contributed by atoms with van der Waals surface area (Å²) in [6.45, 7) is 6.85. The Morgan fingerprint density at radius 1 is 1.16 bits per heavy atom. The molecule has 10 heteroatoms. The van der Waals surface area contributed by atoms with Crippen molar-refractivity contribution < 1.29 is 17.9 Å². The van der Waals surface area contributed by atoms with Crippen LogP contribution in [0.5, 0.6) is 0 Å². The van der Waals surface area contributed by atoms with E-state index in [0.717, 1.165) is 15.9 Å². The molecule has 32 heavy (non-hydrogen) atoms. The molecule has 0 atom stereocenters. The molecule has 1 aliphatic rings. The molecule has 1 amide bonds. The number of ether oxygens (including phenoxy) is 1. The van der Waals surface area contributed by atoms with Gasteiger partial charge in [0.1, 0.15) is 0 Å². The van der Waals surface area contributed by atoms with Crippen LogP contribution in [0.1, 0.15) is 24.2 Å². The summed E-state index contributed by atoms with van der Waals surface area (Å²) in [5.74, 6) is -0.299. The number of fused-ring (bicyclic) bond motifs is 1. The molecule has 1 aromatic heterocycles. The third-order valence-electron chi connectivity index (χ3n) is 5.50. The van der Waals surface area contributed by atoms with Gasteiger partial charge in [0, 0.05) is 31.7 Å². The Kier molecular flexibility index (Phi) is 6.75. The first-order chi connectivity index (χ1) is 15.4. The number of carbonyl (C=O) groups is 1. The van der Waals surface area contributed by atoms with Crippen LogP contribution in [0.25, 0.3) is 10.2 Å². The molecule has 3 aromatic rings.